The predicted molar refractivity (Wildman–Crippen MR) is 73.1 cm³/mol. The van der Waals surface area contributed by atoms with Crippen LogP contribution in [0.1, 0.15) is 32.3 Å². The van der Waals surface area contributed by atoms with Crippen molar-refractivity contribution in [3.05, 3.63) is 29.6 Å². The fraction of sp³-hybridized carbons (Fsp3) is 0.400. The van der Waals surface area contributed by atoms with E-state index in [9.17, 15) is 9.18 Å². The number of aliphatic hydroxyl groups excluding tert-OH is 1. The van der Waals surface area contributed by atoms with E-state index in [0.717, 1.165) is 6.42 Å². The molecule has 0 aromatic heterocycles. The van der Waals surface area contributed by atoms with E-state index in [4.69, 9.17) is 5.11 Å². The average Bonchev–Trinajstić information content (AvgIpc) is 2.35. The molecular weight excluding hydrogens is 245 g/mol. The van der Waals surface area contributed by atoms with Gasteiger partial charge in [0, 0.05) is 12.1 Å². The number of hydrogen-bond donors (Lipinski definition) is 2. The molecule has 0 unspecified atom stereocenters. The highest BCUT2D eigenvalue weighted by molar-refractivity contribution is 5.90. The lowest BCUT2D eigenvalue weighted by atomic mass is 10.1. The molecule has 1 aromatic rings. The van der Waals surface area contributed by atoms with Crippen molar-refractivity contribution >= 4 is 11.6 Å². The summed E-state index contributed by atoms with van der Waals surface area (Å²) in [5.41, 5.74) is 0.620. The largest absolute Gasteiger partial charge is 0.384 e. The van der Waals surface area contributed by atoms with E-state index < -0.39 is 5.82 Å². The summed E-state index contributed by atoms with van der Waals surface area (Å²) in [6, 6.07) is 4.31. The zero-order valence-corrected chi connectivity index (χ0v) is 11.2. The highest BCUT2D eigenvalue weighted by Gasteiger charge is 2.06. The van der Waals surface area contributed by atoms with Gasteiger partial charge in [0.05, 0.1) is 5.56 Å². The molecule has 0 heterocycles. The van der Waals surface area contributed by atoms with Gasteiger partial charge in [-0.2, -0.15) is 0 Å². The second-order valence-electron chi connectivity index (χ2n) is 4.64. The lowest BCUT2D eigenvalue weighted by Gasteiger charge is -2.07. The van der Waals surface area contributed by atoms with Gasteiger partial charge < -0.3 is 10.4 Å². The summed E-state index contributed by atoms with van der Waals surface area (Å²) in [5.74, 6) is 4.69. The van der Waals surface area contributed by atoms with Crippen molar-refractivity contribution in [2.75, 3.05) is 11.9 Å². The minimum atomic E-state index is -0.511. The number of aliphatic hydroxyl groups is 1. The number of amides is 1. The Morgan fingerprint density at radius 2 is 2.21 bits per heavy atom. The van der Waals surface area contributed by atoms with E-state index in [2.05, 4.69) is 17.2 Å². The van der Waals surface area contributed by atoms with Crippen LogP contribution in [-0.2, 0) is 4.79 Å². The molecular formula is C15H18FNO2. The molecule has 1 rings (SSSR count). The zero-order valence-electron chi connectivity index (χ0n) is 11.2. The van der Waals surface area contributed by atoms with E-state index >= 15 is 0 Å². The molecule has 0 atom stereocenters. The van der Waals surface area contributed by atoms with Gasteiger partial charge in [-0.1, -0.05) is 25.7 Å². The Balaban J connectivity index is 2.65. The molecule has 0 aliphatic carbocycles. The molecule has 1 aromatic carbocycles. The number of carbonyl (C=O) groups excluding carboxylic acids is 1. The average molecular weight is 263 g/mol. The van der Waals surface area contributed by atoms with Gasteiger partial charge in [0.2, 0.25) is 5.91 Å². The second kappa shape index (κ2) is 7.55. The fourth-order valence-corrected chi connectivity index (χ4v) is 1.47. The van der Waals surface area contributed by atoms with E-state index in [-0.39, 0.29) is 18.1 Å². The van der Waals surface area contributed by atoms with Crippen molar-refractivity contribution < 1.29 is 14.3 Å². The Morgan fingerprint density at radius 1 is 1.47 bits per heavy atom. The SMILES string of the molecule is CC(C)CCC(=O)Nc1ccc(C#CCO)c(F)c1. The monoisotopic (exact) mass is 263 g/mol. The van der Waals surface area contributed by atoms with Crippen LogP contribution in [0.3, 0.4) is 0 Å². The van der Waals surface area contributed by atoms with Gasteiger partial charge in [-0.25, -0.2) is 4.39 Å². The van der Waals surface area contributed by atoms with Gasteiger partial charge in [0.25, 0.3) is 0 Å². The van der Waals surface area contributed by atoms with Crippen molar-refractivity contribution in [1.82, 2.24) is 0 Å². The summed E-state index contributed by atoms with van der Waals surface area (Å²) in [6.45, 7) is 3.77. The number of carbonyl (C=O) groups is 1. The second-order valence-corrected chi connectivity index (χ2v) is 4.64. The van der Waals surface area contributed by atoms with Crippen LogP contribution in [0.2, 0.25) is 0 Å². The Morgan fingerprint density at radius 3 is 2.79 bits per heavy atom. The summed E-state index contributed by atoms with van der Waals surface area (Å²) in [6.07, 6.45) is 1.22. The first-order valence-corrected chi connectivity index (χ1v) is 6.22. The van der Waals surface area contributed by atoms with Gasteiger partial charge in [-0.15, -0.1) is 0 Å². The van der Waals surface area contributed by atoms with Crippen LogP contribution in [0.5, 0.6) is 0 Å². The number of nitrogens with one attached hydrogen (secondary N) is 1. The summed E-state index contributed by atoms with van der Waals surface area (Å²) < 4.78 is 13.6. The van der Waals surface area contributed by atoms with Crippen LogP contribution in [0, 0.1) is 23.6 Å². The van der Waals surface area contributed by atoms with E-state index in [0.29, 0.717) is 18.0 Å². The Kier molecular flexibility index (Phi) is 6.04. The third-order valence-electron chi connectivity index (χ3n) is 2.50. The smallest absolute Gasteiger partial charge is 0.224 e. The maximum Gasteiger partial charge on any atom is 0.224 e. The molecule has 0 aliphatic heterocycles. The highest BCUT2D eigenvalue weighted by atomic mass is 19.1. The van der Waals surface area contributed by atoms with Crippen molar-refractivity contribution in [3.8, 4) is 11.8 Å². The Hall–Kier alpha value is -1.86. The zero-order chi connectivity index (χ0) is 14.3. The van der Waals surface area contributed by atoms with Crippen LogP contribution in [0.4, 0.5) is 10.1 Å². The third-order valence-corrected chi connectivity index (χ3v) is 2.50. The molecule has 3 nitrogen and oxygen atoms in total. The molecule has 2 N–H and O–H groups in total. The van der Waals surface area contributed by atoms with Crippen molar-refractivity contribution in [1.29, 1.82) is 0 Å². The first kappa shape index (κ1) is 15.2. The van der Waals surface area contributed by atoms with Gasteiger partial charge in [-0.05, 0) is 30.5 Å². The molecule has 1 amide bonds. The first-order chi connectivity index (χ1) is 9.02. The number of anilines is 1. The summed E-state index contributed by atoms with van der Waals surface area (Å²) in [4.78, 5) is 11.6. The van der Waals surface area contributed by atoms with E-state index in [1.54, 1.807) is 6.07 Å². The van der Waals surface area contributed by atoms with Gasteiger partial charge in [-0.3, -0.25) is 4.79 Å². The standard InChI is InChI=1S/C15H18FNO2/c1-11(2)5-8-15(19)17-13-7-6-12(4-3-9-18)14(16)10-13/h6-7,10-11,18H,5,8-9H2,1-2H3,(H,17,19). The molecule has 0 saturated heterocycles. The third kappa shape index (κ3) is 5.54. The van der Waals surface area contributed by atoms with Crippen LogP contribution in [-0.4, -0.2) is 17.6 Å². The topological polar surface area (TPSA) is 49.3 Å². The molecule has 0 saturated carbocycles. The number of rotatable bonds is 4. The fourth-order valence-electron chi connectivity index (χ4n) is 1.47. The quantitative estimate of drug-likeness (QED) is 0.820. The normalized spacial score (nSPS) is 9.95. The maximum atomic E-state index is 13.6. The summed E-state index contributed by atoms with van der Waals surface area (Å²) >= 11 is 0. The van der Waals surface area contributed by atoms with Crippen LogP contribution in [0.15, 0.2) is 18.2 Å². The molecule has 0 spiro atoms. The van der Waals surface area contributed by atoms with Crippen molar-refractivity contribution in [3.63, 3.8) is 0 Å². The van der Waals surface area contributed by atoms with Crippen molar-refractivity contribution in [2.24, 2.45) is 5.92 Å². The number of hydrogen-bond acceptors (Lipinski definition) is 2. The van der Waals surface area contributed by atoms with Crippen LogP contribution >= 0.6 is 0 Å². The van der Waals surface area contributed by atoms with E-state index in [1.165, 1.54) is 12.1 Å². The lowest BCUT2D eigenvalue weighted by molar-refractivity contribution is -0.116. The minimum Gasteiger partial charge on any atom is -0.384 e. The summed E-state index contributed by atoms with van der Waals surface area (Å²) in [5, 5.41) is 11.2. The predicted octanol–water partition coefficient (Wildman–Crippen LogP) is 2.54. The summed E-state index contributed by atoms with van der Waals surface area (Å²) in [7, 11) is 0. The van der Waals surface area contributed by atoms with Gasteiger partial charge in [0.1, 0.15) is 12.4 Å². The molecule has 0 bridgehead atoms. The molecule has 102 valence electrons. The van der Waals surface area contributed by atoms with Crippen LogP contribution in [0.25, 0.3) is 0 Å². The maximum absolute atomic E-state index is 13.6. The van der Waals surface area contributed by atoms with Gasteiger partial charge in [0.15, 0.2) is 0 Å². The van der Waals surface area contributed by atoms with Crippen LogP contribution < -0.4 is 5.32 Å². The molecule has 0 fully saturated rings. The lowest BCUT2D eigenvalue weighted by Crippen LogP contribution is -2.12. The first-order valence-electron chi connectivity index (χ1n) is 6.22. The molecule has 0 radical (unpaired) electrons. The Labute approximate surface area is 112 Å². The molecule has 4 heteroatoms. The number of halogens is 1. The van der Waals surface area contributed by atoms with Crippen molar-refractivity contribution in [2.45, 2.75) is 26.7 Å². The number of benzene rings is 1. The molecule has 19 heavy (non-hydrogen) atoms. The van der Waals surface area contributed by atoms with E-state index in [1.807, 2.05) is 13.8 Å². The Bertz CT molecular complexity index is 501. The van der Waals surface area contributed by atoms with Gasteiger partial charge >= 0.3 is 0 Å². The minimum absolute atomic E-state index is 0.123. The highest BCUT2D eigenvalue weighted by Crippen LogP contribution is 2.14. The molecule has 0 aliphatic rings.